The lowest BCUT2D eigenvalue weighted by molar-refractivity contribution is 0.550. The topological polar surface area (TPSA) is 48.1 Å². The number of unbranched alkanes of at least 4 members (excludes halogenated alkanes) is 2. The summed E-state index contributed by atoms with van der Waals surface area (Å²) in [5.41, 5.74) is 0. The van der Waals surface area contributed by atoms with Gasteiger partial charge in [-0.2, -0.15) is 0 Å². The summed E-state index contributed by atoms with van der Waals surface area (Å²) in [6, 6.07) is 0. The molecule has 0 saturated carbocycles. The van der Waals surface area contributed by atoms with Gasteiger partial charge in [-0.15, -0.1) is 0 Å². The van der Waals surface area contributed by atoms with E-state index in [0.717, 1.165) is 52.4 Å². The van der Waals surface area contributed by atoms with E-state index >= 15 is 0 Å². The summed E-state index contributed by atoms with van der Waals surface area (Å²) < 4.78 is 0. The van der Waals surface area contributed by atoms with E-state index in [4.69, 9.17) is 0 Å². The van der Waals surface area contributed by atoms with Crippen LogP contribution in [0.2, 0.25) is 0 Å². The van der Waals surface area contributed by atoms with Gasteiger partial charge in [0.1, 0.15) is 0 Å². The zero-order valence-corrected chi connectivity index (χ0v) is 13.2. The predicted octanol–water partition coefficient (Wildman–Crippen LogP) is 1.34. The van der Waals surface area contributed by atoms with Crippen LogP contribution in [0, 0.1) is 0 Å². The lowest BCUT2D eigenvalue weighted by Gasteiger charge is -2.07. The Morgan fingerprint density at radius 3 is 1.53 bits per heavy atom. The van der Waals surface area contributed by atoms with Crippen molar-refractivity contribution >= 4 is 0 Å². The molecule has 0 spiro atoms. The third-order valence-corrected chi connectivity index (χ3v) is 3.10. The lowest BCUT2D eigenvalue weighted by atomic mass is 10.3. The summed E-state index contributed by atoms with van der Waals surface area (Å²) in [6.45, 7) is 13.4. The van der Waals surface area contributed by atoms with Gasteiger partial charge in [0.2, 0.25) is 0 Å². The highest BCUT2D eigenvalue weighted by Crippen LogP contribution is 1.84. The number of hydrogen-bond donors (Lipinski definition) is 4. The molecule has 0 aromatic heterocycles. The summed E-state index contributed by atoms with van der Waals surface area (Å²) in [5.74, 6) is 0. The van der Waals surface area contributed by atoms with Crippen molar-refractivity contribution in [3.05, 3.63) is 0 Å². The molecule has 0 amide bonds. The summed E-state index contributed by atoms with van der Waals surface area (Å²) in [5, 5.41) is 13.8. The maximum absolute atomic E-state index is 3.50. The van der Waals surface area contributed by atoms with Crippen LogP contribution in [0.4, 0.5) is 0 Å². The fourth-order valence-corrected chi connectivity index (χ4v) is 1.87. The number of hydrogen-bond acceptors (Lipinski definition) is 4. The van der Waals surface area contributed by atoms with Gasteiger partial charge in [-0.1, -0.05) is 20.3 Å². The summed E-state index contributed by atoms with van der Waals surface area (Å²) in [6.07, 6.45) is 6.35. The maximum Gasteiger partial charge on any atom is 0.00767 e. The van der Waals surface area contributed by atoms with Crippen molar-refractivity contribution in [2.75, 3.05) is 52.4 Å². The van der Waals surface area contributed by atoms with Crippen molar-refractivity contribution in [3.8, 4) is 0 Å². The highest BCUT2D eigenvalue weighted by Gasteiger charge is 1.91. The first-order valence-electron chi connectivity index (χ1n) is 8.24. The molecule has 0 aliphatic carbocycles. The first-order valence-corrected chi connectivity index (χ1v) is 8.24. The molecule has 0 aromatic carbocycles. The van der Waals surface area contributed by atoms with E-state index < -0.39 is 0 Å². The van der Waals surface area contributed by atoms with Gasteiger partial charge in [0.05, 0.1) is 0 Å². The standard InChI is InChI=1S/C15H36N4/c1-3-5-9-18-14-15-19-13-8-12-17-11-7-6-10-16-4-2/h16-19H,3-15H2,1-2H3. The van der Waals surface area contributed by atoms with Gasteiger partial charge in [-0.05, 0) is 65.0 Å². The molecule has 0 atom stereocenters. The van der Waals surface area contributed by atoms with Gasteiger partial charge in [-0.25, -0.2) is 0 Å². The summed E-state index contributed by atoms with van der Waals surface area (Å²) in [7, 11) is 0. The van der Waals surface area contributed by atoms with E-state index in [1.165, 1.54) is 32.1 Å². The zero-order valence-electron chi connectivity index (χ0n) is 13.2. The van der Waals surface area contributed by atoms with E-state index in [0.29, 0.717) is 0 Å². The third-order valence-electron chi connectivity index (χ3n) is 3.10. The average Bonchev–Trinajstić information content (AvgIpc) is 2.43. The molecule has 4 nitrogen and oxygen atoms in total. The summed E-state index contributed by atoms with van der Waals surface area (Å²) in [4.78, 5) is 0. The van der Waals surface area contributed by atoms with Gasteiger partial charge in [0, 0.05) is 13.1 Å². The van der Waals surface area contributed by atoms with E-state index in [-0.39, 0.29) is 0 Å². The summed E-state index contributed by atoms with van der Waals surface area (Å²) >= 11 is 0. The molecule has 0 aliphatic rings. The van der Waals surface area contributed by atoms with Crippen LogP contribution in [0.15, 0.2) is 0 Å². The molecular weight excluding hydrogens is 236 g/mol. The predicted molar refractivity (Wildman–Crippen MR) is 85.9 cm³/mol. The van der Waals surface area contributed by atoms with Crippen LogP contribution in [0.5, 0.6) is 0 Å². The van der Waals surface area contributed by atoms with Gasteiger partial charge in [0.25, 0.3) is 0 Å². The molecule has 0 radical (unpaired) electrons. The minimum atomic E-state index is 1.09. The Labute approximate surface area is 120 Å². The monoisotopic (exact) mass is 272 g/mol. The Bertz CT molecular complexity index is 137. The molecule has 116 valence electrons. The van der Waals surface area contributed by atoms with Crippen molar-refractivity contribution in [2.45, 2.75) is 46.0 Å². The highest BCUT2D eigenvalue weighted by molar-refractivity contribution is 4.55. The van der Waals surface area contributed by atoms with E-state index in [1.807, 2.05) is 0 Å². The minimum Gasteiger partial charge on any atom is -0.317 e. The molecule has 0 fully saturated rings. The van der Waals surface area contributed by atoms with Crippen LogP contribution in [0.1, 0.15) is 46.0 Å². The second-order valence-corrected chi connectivity index (χ2v) is 5.02. The molecule has 0 saturated heterocycles. The number of nitrogens with one attached hydrogen (secondary N) is 4. The van der Waals surface area contributed by atoms with Crippen LogP contribution < -0.4 is 21.3 Å². The van der Waals surface area contributed by atoms with Crippen LogP contribution in [-0.4, -0.2) is 52.4 Å². The van der Waals surface area contributed by atoms with E-state index in [1.54, 1.807) is 0 Å². The molecule has 0 heterocycles. The van der Waals surface area contributed by atoms with Crippen molar-refractivity contribution in [3.63, 3.8) is 0 Å². The molecule has 0 aliphatic heterocycles. The molecule has 4 heteroatoms. The lowest BCUT2D eigenvalue weighted by Crippen LogP contribution is -2.30. The Kier molecular flexibility index (Phi) is 17.7. The average molecular weight is 272 g/mol. The fourth-order valence-electron chi connectivity index (χ4n) is 1.87. The van der Waals surface area contributed by atoms with Gasteiger partial charge < -0.3 is 21.3 Å². The third kappa shape index (κ3) is 17.8. The van der Waals surface area contributed by atoms with E-state index in [9.17, 15) is 0 Å². The number of rotatable bonds is 16. The minimum absolute atomic E-state index is 1.09. The second kappa shape index (κ2) is 17.8. The normalized spacial score (nSPS) is 11.1. The molecule has 0 unspecified atom stereocenters. The largest absolute Gasteiger partial charge is 0.317 e. The smallest absolute Gasteiger partial charge is 0.00767 e. The Hall–Kier alpha value is -0.160. The first-order chi connectivity index (χ1) is 9.41. The van der Waals surface area contributed by atoms with Crippen LogP contribution in [-0.2, 0) is 0 Å². The van der Waals surface area contributed by atoms with Crippen molar-refractivity contribution < 1.29 is 0 Å². The molecule has 4 N–H and O–H groups in total. The van der Waals surface area contributed by atoms with Crippen molar-refractivity contribution in [1.29, 1.82) is 0 Å². The maximum atomic E-state index is 3.50. The molecule has 0 aromatic rings. The van der Waals surface area contributed by atoms with Gasteiger partial charge in [0.15, 0.2) is 0 Å². The molecular formula is C15H36N4. The second-order valence-electron chi connectivity index (χ2n) is 5.02. The van der Waals surface area contributed by atoms with Crippen molar-refractivity contribution in [2.24, 2.45) is 0 Å². The Balaban J connectivity index is 2.88. The molecule has 19 heavy (non-hydrogen) atoms. The van der Waals surface area contributed by atoms with Crippen LogP contribution in [0.3, 0.4) is 0 Å². The van der Waals surface area contributed by atoms with Gasteiger partial charge in [-0.3, -0.25) is 0 Å². The quantitative estimate of drug-likeness (QED) is 0.320. The zero-order chi connectivity index (χ0) is 14.0. The fraction of sp³-hybridized carbons (Fsp3) is 1.00. The first kappa shape index (κ1) is 18.8. The molecule has 0 bridgehead atoms. The van der Waals surface area contributed by atoms with Crippen LogP contribution >= 0.6 is 0 Å². The van der Waals surface area contributed by atoms with E-state index in [2.05, 4.69) is 35.1 Å². The van der Waals surface area contributed by atoms with Crippen LogP contribution in [0.25, 0.3) is 0 Å². The Morgan fingerprint density at radius 2 is 0.947 bits per heavy atom. The van der Waals surface area contributed by atoms with Gasteiger partial charge >= 0.3 is 0 Å². The molecule has 0 rings (SSSR count). The highest BCUT2D eigenvalue weighted by atomic mass is 14.9. The van der Waals surface area contributed by atoms with Crippen molar-refractivity contribution in [1.82, 2.24) is 21.3 Å². The Morgan fingerprint density at radius 1 is 0.474 bits per heavy atom. The SMILES string of the molecule is CCCCNCCNCCCNCCCCNCC.